The fourth-order valence-corrected chi connectivity index (χ4v) is 4.64. The van der Waals surface area contributed by atoms with E-state index >= 15 is 0 Å². The lowest BCUT2D eigenvalue weighted by Gasteiger charge is -2.15. The molecule has 3 heterocycles. The van der Waals surface area contributed by atoms with Crippen molar-refractivity contribution in [3.63, 3.8) is 0 Å². The molecule has 4 aromatic rings. The molecular weight excluding hydrogens is 463 g/mol. The quantitative estimate of drug-likeness (QED) is 0.363. The van der Waals surface area contributed by atoms with Gasteiger partial charge in [-0.2, -0.15) is 0 Å². The molecule has 1 saturated heterocycles. The highest BCUT2D eigenvalue weighted by Crippen LogP contribution is 2.17. The molecule has 0 saturated carbocycles. The van der Waals surface area contributed by atoms with Gasteiger partial charge in [0.1, 0.15) is 11.6 Å². The average molecular weight is 491 g/mol. The summed E-state index contributed by atoms with van der Waals surface area (Å²) < 4.78 is 16.7. The lowest BCUT2D eigenvalue weighted by molar-refractivity contribution is -0.127. The van der Waals surface area contributed by atoms with Crippen LogP contribution in [0, 0.1) is 5.82 Å². The van der Waals surface area contributed by atoms with Crippen LogP contribution in [0.4, 0.5) is 4.39 Å². The number of likely N-dealkylation sites (tertiary alicyclic amines) is 1. The number of nitrogens with zero attached hydrogens (tertiary/aromatic N) is 5. The van der Waals surface area contributed by atoms with Crippen LogP contribution in [0.5, 0.6) is 0 Å². The van der Waals surface area contributed by atoms with Gasteiger partial charge in [-0.1, -0.05) is 24.3 Å². The molecule has 0 aliphatic carbocycles. The third-order valence-corrected chi connectivity index (χ3v) is 6.50. The molecule has 0 radical (unpaired) electrons. The van der Waals surface area contributed by atoms with Crippen molar-refractivity contribution in [2.75, 3.05) is 19.6 Å². The summed E-state index contributed by atoms with van der Waals surface area (Å²) in [5.74, 6) is 0.677. The Kier molecular flexibility index (Phi) is 6.75. The first kappa shape index (κ1) is 23.7. The molecule has 0 spiro atoms. The van der Waals surface area contributed by atoms with E-state index in [0.717, 1.165) is 18.5 Å². The predicted molar refractivity (Wildman–Crippen MR) is 132 cm³/mol. The molecule has 2 aromatic carbocycles. The molecule has 9 nitrogen and oxygen atoms in total. The standard InChI is InChI=1S/C26H27FN6O3/c27-19-10-8-18(9-11-19)17-32-25(36)20-5-1-2-6-21(20)33-22(29-30-26(32)33)12-13-23(34)28-14-4-16-31-15-3-7-24(31)35/h1-2,5-6,8-11H,3-4,7,12-17H2,(H,28,34). The van der Waals surface area contributed by atoms with Gasteiger partial charge < -0.3 is 10.2 Å². The van der Waals surface area contributed by atoms with E-state index in [9.17, 15) is 18.8 Å². The molecule has 0 unspecified atom stereocenters. The minimum Gasteiger partial charge on any atom is -0.356 e. The molecule has 186 valence electrons. The summed E-state index contributed by atoms with van der Waals surface area (Å²) >= 11 is 0. The Balaban J connectivity index is 1.32. The molecule has 2 amide bonds. The summed E-state index contributed by atoms with van der Waals surface area (Å²) in [5, 5.41) is 12.0. The zero-order chi connectivity index (χ0) is 25.1. The van der Waals surface area contributed by atoms with Crippen molar-refractivity contribution in [3.05, 3.63) is 76.1 Å². The maximum absolute atomic E-state index is 13.4. The monoisotopic (exact) mass is 490 g/mol. The van der Waals surface area contributed by atoms with E-state index in [2.05, 4.69) is 15.5 Å². The Morgan fingerprint density at radius 2 is 1.86 bits per heavy atom. The van der Waals surface area contributed by atoms with Gasteiger partial charge in [-0.3, -0.25) is 23.4 Å². The third-order valence-electron chi connectivity index (χ3n) is 6.50. The molecule has 0 bridgehead atoms. The van der Waals surface area contributed by atoms with Crippen molar-refractivity contribution in [1.82, 2.24) is 29.4 Å². The SMILES string of the molecule is O=C(CCc1nnc2n(Cc3ccc(F)cc3)c(=O)c3ccccc3n12)NCCCN1CCCC1=O. The summed E-state index contributed by atoms with van der Waals surface area (Å²) in [6, 6.07) is 13.2. The number of nitrogens with one attached hydrogen (secondary N) is 1. The van der Waals surface area contributed by atoms with Crippen molar-refractivity contribution in [3.8, 4) is 0 Å². The van der Waals surface area contributed by atoms with E-state index in [1.165, 1.54) is 16.7 Å². The highest BCUT2D eigenvalue weighted by Gasteiger charge is 2.20. The zero-order valence-corrected chi connectivity index (χ0v) is 19.8. The number of aromatic nitrogens is 4. The zero-order valence-electron chi connectivity index (χ0n) is 19.8. The number of para-hydroxylation sites is 1. The highest BCUT2D eigenvalue weighted by atomic mass is 19.1. The molecule has 1 aliphatic rings. The van der Waals surface area contributed by atoms with Crippen LogP contribution < -0.4 is 10.9 Å². The molecule has 10 heteroatoms. The topological polar surface area (TPSA) is 102 Å². The van der Waals surface area contributed by atoms with Gasteiger partial charge in [0.25, 0.3) is 5.56 Å². The summed E-state index contributed by atoms with van der Waals surface area (Å²) in [4.78, 5) is 39.2. The number of hydrogen-bond acceptors (Lipinski definition) is 5. The second-order valence-electron chi connectivity index (χ2n) is 8.97. The molecular formula is C26H27FN6O3. The number of fused-ring (bicyclic) bond motifs is 3. The van der Waals surface area contributed by atoms with Crippen LogP contribution in [0.15, 0.2) is 53.3 Å². The van der Waals surface area contributed by atoms with Crippen LogP contribution in [0.3, 0.4) is 0 Å². The van der Waals surface area contributed by atoms with Crippen molar-refractivity contribution < 1.29 is 14.0 Å². The molecule has 5 rings (SSSR count). The Labute approximate surface area is 206 Å². The number of rotatable bonds is 9. The molecule has 2 aromatic heterocycles. The Morgan fingerprint density at radius 3 is 2.64 bits per heavy atom. The number of benzene rings is 2. The van der Waals surface area contributed by atoms with E-state index in [0.29, 0.717) is 54.9 Å². The van der Waals surface area contributed by atoms with Gasteiger partial charge in [-0.05, 0) is 42.7 Å². The summed E-state index contributed by atoms with van der Waals surface area (Å²) in [6.45, 7) is 2.17. The molecule has 0 atom stereocenters. The lowest BCUT2D eigenvalue weighted by Crippen LogP contribution is -2.30. The van der Waals surface area contributed by atoms with Crippen molar-refractivity contribution in [1.29, 1.82) is 0 Å². The summed E-state index contributed by atoms with van der Waals surface area (Å²) in [5.41, 5.74) is 1.22. The molecule has 1 aliphatic heterocycles. The maximum atomic E-state index is 13.4. The Bertz CT molecular complexity index is 1480. The van der Waals surface area contributed by atoms with Crippen molar-refractivity contribution in [2.24, 2.45) is 0 Å². The molecule has 36 heavy (non-hydrogen) atoms. The van der Waals surface area contributed by atoms with Gasteiger partial charge in [-0.25, -0.2) is 4.39 Å². The predicted octanol–water partition coefficient (Wildman–Crippen LogP) is 2.29. The van der Waals surface area contributed by atoms with E-state index in [1.807, 2.05) is 21.4 Å². The van der Waals surface area contributed by atoms with Gasteiger partial charge in [0.05, 0.1) is 17.4 Å². The van der Waals surface area contributed by atoms with E-state index < -0.39 is 0 Å². The summed E-state index contributed by atoms with van der Waals surface area (Å²) in [6.07, 6.45) is 2.80. The lowest BCUT2D eigenvalue weighted by atomic mass is 10.2. The van der Waals surface area contributed by atoms with Crippen molar-refractivity contribution in [2.45, 2.75) is 38.6 Å². The number of carbonyl (C=O) groups excluding carboxylic acids is 2. The normalized spacial score (nSPS) is 13.7. The minimum atomic E-state index is -0.345. The Hall–Kier alpha value is -4.08. The van der Waals surface area contributed by atoms with Gasteiger partial charge in [-0.15, -0.1) is 10.2 Å². The summed E-state index contributed by atoms with van der Waals surface area (Å²) in [7, 11) is 0. The smallest absolute Gasteiger partial charge is 0.263 e. The second kappa shape index (κ2) is 10.3. The third kappa shape index (κ3) is 4.84. The number of hydrogen-bond donors (Lipinski definition) is 1. The van der Waals surface area contributed by atoms with Crippen LogP contribution in [-0.4, -0.2) is 55.5 Å². The fraction of sp³-hybridized carbons (Fsp3) is 0.346. The second-order valence-corrected chi connectivity index (χ2v) is 8.97. The van der Waals surface area contributed by atoms with E-state index in [-0.39, 0.29) is 36.2 Å². The highest BCUT2D eigenvalue weighted by molar-refractivity contribution is 5.81. The van der Waals surface area contributed by atoms with Gasteiger partial charge in [0.2, 0.25) is 17.6 Å². The van der Waals surface area contributed by atoms with Crippen LogP contribution >= 0.6 is 0 Å². The van der Waals surface area contributed by atoms with Crippen molar-refractivity contribution >= 4 is 28.5 Å². The minimum absolute atomic E-state index is 0.108. The molecule has 1 N–H and O–H groups in total. The first-order valence-corrected chi connectivity index (χ1v) is 12.2. The fourth-order valence-electron chi connectivity index (χ4n) is 4.64. The number of amides is 2. The van der Waals surface area contributed by atoms with Crippen LogP contribution in [0.1, 0.15) is 37.1 Å². The average Bonchev–Trinajstić information content (AvgIpc) is 3.50. The first-order valence-electron chi connectivity index (χ1n) is 12.2. The Morgan fingerprint density at radius 1 is 1.06 bits per heavy atom. The van der Waals surface area contributed by atoms with Gasteiger partial charge in [0.15, 0.2) is 0 Å². The number of carbonyl (C=O) groups is 2. The van der Waals surface area contributed by atoms with Crippen LogP contribution in [0.25, 0.3) is 16.7 Å². The van der Waals surface area contributed by atoms with Gasteiger partial charge >= 0.3 is 0 Å². The number of halogens is 1. The van der Waals surface area contributed by atoms with Gasteiger partial charge in [0, 0.05) is 38.9 Å². The van der Waals surface area contributed by atoms with E-state index in [1.54, 1.807) is 24.3 Å². The van der Waals surface area contributed by atoms with E-state index in [4.69, 9.17) is 0 Å². The largest absolute Gasteiger partial charge is 0.356 e. The maximum Gasteiger partial charge on any atom is 0.263 e. The number of aryl methyl sites for hydroxylation is 1. The first-order chi connectivity index (χ1) is 17.5. The molecule has 1 fully saturated rings. The van der Waals surface area contributed by atoms with Crippen LogP contribution in [0.2, 0.25) is 0 Å². The van der Waals surface area contributed by atoms with Crippen LogP contribution in [-0.2, 0) is 22.6 Å².